The molecule has 0 saturated heterocycles. The Morgan fingerprint density at radius 2 is 2.56 bits per heavy atom. The number of hydrogen-bond acceptors (Lipinski definition) is 1. The van der Waals surface area contributed by atoms with Crippen LogP contribution in [-0.4, -0.2) is 10.2 Å². The Labute approximate surface area is 55.9 Å². The second-order valence-corrected chi connectivity index (χ2v) is 2.84. The van der Waals surface area contributed by atoms with E-state index in [0.29, 0.717) is 0 Å². The van der Waals surface area contributed by atoms with E-state index < -0.39 is 0 Å². The molecule has 2 heterocycles. The Bertz CT molecular complexity index is 315. The lowest BCUT2D eigenvalue weighted by Crippen LogP contribution is -2.01. The molecule has 0 amide bonds. The minimum atomic E-state index is 1.14. The average Bonchev–Trinajstić information content (AvgIpc) is 2.33. The Morgan fingerprint density at radius 1 is 1.56 bits per heavy atom. The number of nitrogens with one attached hydrogen (secondary N) is 1. The fourth-order valence-electron chi connectivity index (χ4n) is 0.778. The van der Waals surface area contributed by atoms with E-state index in [4.69, 9.17) is 0 Å². The van der Waals surface area contributed by atoms with Gasteiger partial charge in [0.05, 0.1) is 11.5 Å². The molecule has 1 aromatic rings. The molecular weight excluding hydrogens is 132 g/mol. The van der Waals surface area contributed by atoms with E-state index in [-0.39, 0.29) is 0 Å². The van der Waals surface area contributed by atoms with Crippen molar-refractivity contribution in [3.05, 3.63) is 27.5 Å². The maximum Gasteiger partial charge on any atom is 0.0706 e. The molecule has 0 unspecified atom stereocenters. The Kier molecular flexibility index (Phi) is 1.02. The molecule has 46 valence electrons. The van der Waals surface area contributed by atoms with E-state index >= 15 is 0 Å². The van der Waals surface area contributed by atoms with Crippen molar-refractivity contribution in [2.24, 2.45) is 0 Å². The number of fused-ring (bicyclic) bond motifs is 1. The van der Waals surface area contributed by atoms with Crippen LogP contribution in [0.15, 0.2) is 17.7 Å². The van der Waals surface area contributed by atoms with Crippen molar-refractivity contribution < 1.29 is 0 Å². The van der Waals surface area contributed by atoms with E-state index in [9.17, 15) is 0 Å². The van der Waals surface area contributed by atoms with Gasteiger partial charge in [0.2, 0.25) is 0 Å². The lowest BCUT2D eigenvalue weighted by Gasteiger charge is -1.81. The normalized spacial score (nSPS) is 14.7. The highest BCUT2D eigenvalue weighted by atomic mass is 32.1. The van der Waals surface area contributed by atoms with Crippen LogP contribution in [0.1, 0.15) is 0 Å². The second-order valence-electron chi connectivity index (χ2n) is 1.81. The van der Waals surface area contributed by atoms with Crippen LogP contribution in [-0.2, 0) is 0 Å². The van der Waals surface area contributed by atoms with Gasteiger partial charge in [-0.05, 0) is 11.5 Å². The molecule has 0 fully saturated rings. The number of rotatable bonds is 0. The maximum absolute atomic E-state index is 3.90. The molecule has 0 spiro atoms. The largest absolute Gasteiger partial charge is 0.277 e. The molecule has 0 aliphatic carbocycles. The van der Waals surface area contributed by atoms with Crippen LogP contribution in [0.4, 0.5) is 0 Å². The third kappa shape index (κ3) is 0.733. The molecular formula is C6H6N2S. The van der Waals surface area contributed by atoms with Gasteiger partial charge < -0.3 is 0 Å². The Morgan fingerprint density at radius 3 is 3.44 bits per heavy atom. The van der Waals surface area contributed by atoms with Crippen LogP contribution in [0.5, 0.6) is 0 Å². The smallest absolute Gasteiger partial charge is 0.0706 e. The van der Waals surface area contributed by atoms with Crippen LogP contribution in [0, 0.1) is 4.51 Å². The summed E-state index contributed by atoms with van der Waals surface area (Å²) in [6.45, 7) is 0. The number of nitrogens with zero attached hydrogens (tertiary/aromatic N) is 1. The molecule has 1 N–H and O–H groups in total. The second kappa shape index (κ2) is 1.84. The minimum absolute atomic E-state index is 1.14. The summed E-state index contributed by atoms with van der Waals surface area (Å²) in [6.07, 6.45) is 5.91. The van der Waals surface area contributed by atoms with E-state index in [1.807, 2.05) is 18.3 Å². The van der Waals surface area contributed by atoms with Gasteiger partial charge in [0.15, 0.2) is 0 Å². The van der Waals surface area contributed by atoms with Gasteiger partial charge in [-0.1, -0.05) is 6.08 Å². The van der Waals surface area contributed by atoms with Crippen molar-refractivity contribution in [3.63, 3.8) is 0 Å². The molecule has 1 aliphatic heterocycles. The molecule has 3 heteroatoms. The minimum Gasteiger partial charge on any atom is -0.277 e. The number of aromatic nitrogens is 2. The fourth-order valence-corrected chi connectivity index (χ4v) is 1.50. The van der Waals surface area contributed by atoms with Gasteiger partial charge >= 0.3 is 0 Å². The Balaban J connectivity index is 2.99. The van der Waals surface area contributed by atoms with Crippen molar-refractivity contribution >= 4 is 17.4 Å². The van der Waals surface area contributed by atoms with Crippen molar-refractivity contribution in [1.29, 1.82) is 0 Å². The molecule has 2 rings (SSSR count). The van der Waals surface area contributed by atoms with E-state index in [1.54, 1.807) is 0 Å². The highest BCUT2D eigenvalue weighted by Gasteiger charge is 1.85. The van der Waals surface area contributed by atoms with Gasteiger partial charge in [0.25, 0.3) is 0 Å². The van der Waals surface area contributed by atoms with Crippen LogP contribution >= 0.6 is 11.4 Å². The summed E-state index contributed by atoms with van der Waals surface area (Å²) in [4.78, 5) is 0. The topological polar surface area (TPSA) is 28.7 Å². The summed E-state index contributed by atoms with van der Waals surface area (Å²) >= 11 is 1.24. The highest BCUT2D eigenvalue weighted by Crippen LogP contribution is 1.97. The molecule has 9 heavy (non-hydrogen) atoms. The predicted molar refractivity (Wildman–Crippen MR) is 39.6 cm³/mol. The number of H-pyrrole nitrogens is 1. The zero-order valence-corrected chi connectivity index (χ0v) is 5.60. The first-order valence-electron chi connectivity index (χ1n) is 2.71. The molecule has 0 radical (unpaired) electrons. The molecule has 0 atom stereocenters. The molecule has 2 nitrogen and oxygen atoms in total. The van der Waals surface area contributed by atoms with E-state index in [1.165, 1.54) is 15.9 Å². The summed E-state index contributed by atoms with van der Waals surface area (Å²) in [7, 11) is 0. The summed E-state index contributed by atoms with van der Waals surface area (Å²) in [5.41, 5.74) is 0. The summed E-state index contributed by atoms with van der Waals surface area (Å²) in [6, 6.07) is 0. The number of hydrogen-bond donors (Lipinski definition) is 2. The first-order chi connectivity index (χ1) is 4.47. The SMILES string of the molecule is C1=C[SH]=c2cn[nH]c2=C1. The van der Waals surface area contributed by atoms with Crippen LogP contribution in [0.3, 0.4) is 0 Å². The predicted octanol–water partition coefficient (Wildman–Crippen LogP) is 0.434. The third-order valence-corrected chi connectivity index (χ3v) is 2.17. The summed E-state index contributed by atoms with van der Waals surface area (Å²) in [5, 5.41) is 10.0. The van der Waals surface area contributed by atoms with Gasteiger partial charge in [-0.2, -0.15) is 16.4 Å². The van der Waals surface area contributed by atoms with E-state index in [0.717, 1.165) is 5.35 Å². The van der Waals surface area contributed by atoms with Gasteiger partial charge in [0.1, 0.15) is 0 Å². The van der Waals surface area contributed by atoms with Gasteiger partial charge in [-0.3, -0.25) is 5.10 Å². The summed E-state index contributed by atoms with van der Waals surface area (Å²) in [5.74, 6) is 0. The first kappa shape index (κ1) is 4.99. The van der Waals surface area contributed by atoms with Gasteiger partial charge in [-0.15, -0.1) is 0 Å². The van der Waals surface area contributed by atoms with E-state index in [2.05, 4.69) is 15.6 Å². The number of aromatic amines is 1. The lowest BCUT2D eigenvalue weighted by atomic mass is 10.5. The summed E-state index contributed by atoms with van der Waals surface area (Å²) < 4.78 is 1.26. The first-order valence-corrected chi connectivity index (χ1v) is 3.67. The van der Waals surface area contributed by atoms with Crippen LogP contribution in [0.2, 0.25) is 0 Å². The zero-order chi connectivity index (χ0) is 6.10. The number of allylic oxidation sites excluding steroid dienone is 1. The van der Waals surface area contributed by atoms with Crippen molar-refractivity contribution in [1.82, 2.24) is 10.2 Å². The Hall–Kier alpha value is -0.830. The van der Waals surface area contributed by atoms with Crippen molar-refractivity contribution in [3.8, 4) is 0 Å². The molecule has 0 aromatic carbocycles. The zero-order valence-electron chi connectivity index (χ0n) is 4.70. The monoisotopic (exact) mass is 138 g/mol. The molecule has 0 bridgehead atoms. The number of thiol groups is 1. The van der Waals surface area contributed by atoms with Crippen LogP contribution in [0.25, 0.3) is 6.08 Å². The molecule has 1 aliphatic rings. The molecule has 1 aromatic heterocycles. The van der Waals surface area contributed by atoms with Crippen molar-refractivity contribution in [2.75, 3.05) is 0 Å². The molecule has 0 saturated carbocycles. The highest BCUT2D eigenvalue weighted by molar-refractivity contribution is 7.94. The van der Waals surface area contributed by atoms with Gasteiger partial charge in [-0.25, -0.2) is 0 Å². The fraction of sp³-hybridized carbons (Fsp3) is 0. The maximum atomic E-state index is 3.90. The standard InChI is InChI=1S/C6H6N2S/c1-2-5-6(9-3-1)4-7-8-5/h1-4,9H,(H,7,8). The van der Waals surface area contributed by atoms with Crippen LogP contribution < -0.4 is 5.35 Å². The quantitative estimate of drug-likeness (QED) is 0.395. The average molecular weight is 138 g/mol. The van der Waals surface area contributed by atoms with Crippen molar-refractivity contribution in [2.45, 2.75) is 0 Å². The lowest BCUT2D eigenvalue weighted by molar-refractivity contribution is 1.06. The third-order valence-electron chi connectivity index (χ3n) is 1.21. The van der Waals surface area contributed by atoms with Gasteiger partial charge in [0, 0.05) is 4.51 Å².